The number of alkyl halides is 6. The number of nitrogens with zero attached hydrogens (tertiary/aromatic N) is 8. The van der Waals surface area contributed by atoms with Crippen molar-refractivity contribution >= 4 is 61.3 Å². The first-order valence-electron chi connectivity index (χ1n) is 22.1. The zero-order chi connectivity index (χ0) is 53.5. The van der Waals surface area contributed by atoms with Crippen LogP contribution in [-0.2, 0) is 0 Å². The van der Waals surface area contributed by atoms with Crippen molar-refractivity contribution in [3.63, 3.8) is 0 Å². The molecule has 74 heavy (non-hydrogen) atoms. The van der Waals surface area contributed by atoms with Crippen LogP contribution in [0.3, 0.4) is 0 Å². The Labute approximate surface area is 418 Å². The van der Waals surface area contributed by atoms with Crippen molar-refractivity contribution in [1.82, 2.24) is 49.0 Å². The van der Waals surface area contributed by atoms with E-state index in [9.17, 15) is 44.7 Å². The number of fused-ring (bicyclic) bond motifs is 4. The van der Waals surface area contributed by atoms with E-state index in [1.54, 1.807) is 87.8 Å². The van der Waals surface area contributed by atoms with Gasteiger partial charge in [0.2, 0.25) is 0 Å². The Bertz CT molecular complexity index is 3650. The summed E-state index contributed by atoms with van der Waals surface area (Å²) in [6.07, 6.45) is -5.85. The maximum atomic E-state index is 14.6. The molecule has 0 aliphatic rings. The van der Waals surface area contributed by atoms with Gasteiger partial charge in [-0.1, -0.05) is 60.1 Å². The van der Waals surface area contributed by atoms with Gasteiger partial charge >= 0.3 is 12.4 Å². The Hall–Kier alpha value is -8.15. The highest BCUT2D eigenvalue weighted by molar-refractivity contribution is 6.33. The van der Waals surface area contributed by atoms with Gasteiger partial charge in [-0.15, -0.1) is 0 Å². The van der Waals surface area contributed by atoms with Gasteiger partial charge in [0, 0.05) is 12.4 Å². The van der Waals surface area contributed by atoms with Crippen molar-refractivity contribution < 1.29 is 40.2 Å². The summed E-state index contributed by atoms with van der Waals surface area (Å²) in [6, 6.07) is 23.9. The topological polar surface area (TPSA) is 211 Å². The van der Waals surface area contributed by atoms with Crippen molar-refractivity contribution in [2.75, 3.05) is 5.32 Å². The molecule has 0 aliphatic heterocycles. The van der Waals surface area contributed by atoms with E-state index in [-0.39, 0.29) is 50.6 Å². The number of hydrogen-bond donors (Lipinski definition) is 5. The SMILES string of the molecule is CC(C)(C)O.Clc1ncnc2[nH]ccc12.N[C@@H](CC(F)(F)F)c1nc2cccc(F)c2c(=O)n1-c1ccccc1.O=c1c2c(F)cccc2nc([C@H](CC(F)(F)F)Nc2ncnc3[nH]ccc23)n1-c1ccccc1. The first-order chi connectivity index (χ1) is 35.0. The Morgan fingerprint density at radius 3 is 1.55 bits per heavy atom. The van der Waals surface area contributed by atoms with Gasteiger partial charge in [-0.05, 0) is 81.4 Å². The highest BCUT2D eigenvalue weighted by atomic mass is 35.5. The fourth-order valence-corrected chi connectivity index (χ4v) is 7.52. The summed E-state index contributed by atoms with van der Waals surface area (Å²) >= 11 is 5.73. The van der Waals surface area contributed by atoms with Gasteiger partial charge < -0.3 is 26.1 Å². The second-order valence-electron chi connectivity index (χ2n) is 17.1. The molecule has 15 nitrogen and oxygen atoms in total. The number of nitrogens with one attached hydrogen (secondary N) is 3. The first kappa shape index (κ1) is 53.6. The van der Waals surface area contributed by atoms with Crippen molar-refractivity contribution in [2.24, 2.45) is 5.73 Å². The monoisotopic (exact) mass is 1050 g/mol. The quantitative estimate of drug-likeness (QED) is 0.0714. The Morgan fingerprint density at radius 2 is 1.07 bits per heavy atom. The number of rotatable bonds is 8. The molecule has 0 radical (unpaired) electrons. The van der Waals surface area contributed by atoms with Crippen molar-refractivity contribution in [3.05, 3.63) is 183 Å². The van der Waals surface area contributed by atoms with E-state index in [4.69, 9.17) is 22.4 Å². The zero-order valence-electron chi connectivity index (χ0n) is 39.1. The highest BCUT2D eigenvalue weighted by Crippen LogP contribution is 2.34. The minimum absolute atomic E-state index is 0.0372. The largest absolute Gasteiger partial charge is 0.391 e. The van der Waals surface area contributed by atoms with Crippen LogP contribution in [0.4, 0.5) is 40.9 Å². The number of nitrogens with two attached hydrogens (primary N) is 1. The number of para-hydroxylation sites is 2. The normalized spacial score (nSPS) is 12.6. The summed E-state index contributed by atoms with van der Waals surface area (Å²) in [5, 5.41) is 12.5. The molecule has 0 saturated carbocycles. The summed E-state index contributed by atoms with van der Waals surface area (Å²) in [7, 11) is 0. The zero-order valence-corrected chi connectivity index (χ0v) is 39.8. The Balaban J connectivity index is 0.000000173. The number of aromatic nitrogens is 10. The third-order valence-corrected chi connectivity index (χ3v) is 10.6. The molecule has 0 fully saturated rings. The average molecular weight is 1050 g/mol. The number of hydrogen-bond acceptors (Lipinski definition) is 11. The fraction of sp³-hybridized carbons (Fsp3) is 0.200. The van der Waals surface area contributed by atoms with Gasteiger partial charge in [-0.2, -0.15) is 26.3 Å². The lowest BCUT2D eigenvalue weighted by Crippen LogP contribution is -2.31. The first-order valence-corrected chi connectivity index (χ1v) is 22.5. The molecule has 6 heterocycles. The van der Waals surface area contributed by atoms with Crippen LogP contribution < -0.4 is 22.2 Å². The van der Waals surface area contributed by atoms with Crippen LogP contribution in [-0.4, -0.2) is 72.1 Å². The van der Waals surface area contributed by atoms with Crippen LogP contribution in [0.5, 0.6) is 0 Å². The van der Waals surface area contributed by atoms with E-state index < -0.39 is 65.6 Å². The summed E-state index contributed by atoms with van der Waals surface area (Å²) in [5.41, 5.74) is 5.20. The van der Waals surface area contributed by atoms with Gasteiger partial charge in [0.15, 0.2) is 0 Å². The van der Waals surface area contributed by atoms with Gasteiger partial charge in [0.05, 0.1) is 63.7 Å². The molecule has 6 aromatic heterocycles. The molecular formula is C50H43ClF8N12O3. The Morgan fingerprint density at radius 1 is 0.622 bits per heavy atom. The van der Waals surface area contributed by atoms with Crippen LogP contribution in [0.2, 0.25) is 5.15 Å². The summed E-state index contributed by atoms with van der Waals surface area (Å²) in [6.45, 7) is 5.23. The Kier molecular flexibility index (Phi) is 16.2. The van der Waals surface area contributed by atoms with Gasteiger partial charge in [0.25, 0.3) is 11.1 Å². The van der Waals surface area contributed by atoms with Crippen LogP contribution in [0.15, 0.2) is 144 Å². The second kappa shape index (κ2) is 22.3. The van der Waals surface area contributed by atoms with Crippen molar-refractivity contribution in [3.8, 4) is 11.4 Å². The standard InChI is InChI=1S/C23H16F4N6O.C17H13F4N3O.C6H4ClN3.C4H10O/c24-15-7-4-8-16-18(15)22(34)33(13-5-2-1-3-6-13)21(32-16)17(11-23(25,26)27)31-20-14-9-10-28-19(14)29-12-30-20;18-11-7-4-8-13-14(11)16(25)24(10-5-2-1-3-6-10)15(23-13)12(22)9-17(19,20)21;7-5-4-1-2-8-6(4)10-3-9-5;1-4(2,3)5/h1-10,12,17H,11H2,(H2,28,29,30,31);1-8,12H,9,22H2;1-3H,(H,8,9,10);5H,1-3H3/t17-;12-;;/m00../s1. The number of aliphatic hydroxyl groups is 1. The molecule has 6 N–H and O–H groups in total. The van der Waals surface area contributed by atoms with Crippen molar-refractivity contribution in [1.29, 1.82) is 0 Å². The molecule has 0 spiro atoms. The molecular weight excluding hydrogens is 1000 g/mol. The van der Waals surface area contributed by atoms with Gasteiger partial charge in [0.1, 0.15) is 69.0 Å². The maximum absolute atomic E-state index is 14.6. The lowest BCUT2D eigenvalue weighted by atomic mass is 10.1. The van der Waals surface area contributed by atoms with Crippen LogP contribution >= 0.6 is 11.6 Å². The third-order valence-electron chi connectivity index (χ3n) is 10.3. The summed E-state index contributed by atoms with van der Waals surface area (Å²) in [5.74, 6) is -1.97. The predicted octanol–water partition coefficient (Wildman–Crippen LogP) is 10.8. The van der Waals surface area contributed by atoms with E-state index in [1.807, 2.05) is 6.07 Å². The van der Waals surface area contributed by atoms with Crippen LogP contribution in [0, 0.1) is 11.6 Å². The van der Waals surface area contributed by atoms with Gasteiger partial charge in [-0.3, -0.25) is 18.7 Å². The molecule has 0 unspecified atom stereocenters. The molecule has 0 amide bonds. The van der Waals surface area contributed by atoms with E-state index >= 15 is 0 Å². The lowest BCUT2D eigenvalue weighted by Gasteiger charge is -2.24. The highest BCUT2D eigenvalue weighted by Gasteiger charge is 2.37. The van der Waals surface area contributed by atoms with Crippen molar-refractivity contribution in [2.45, 2.75) is 63.7 Å². The smallest absolute Gasteiger partial charge is 0.391 e. The predicted molar refractivity (Wildman–Crippen MR) is 264 cm³/mol. The number of benzene rings is 4. The van der Waals surface area contributed by atoms with E-state index in [0.29, 0.717) is 16.2 Å². The van der Waals surface area contributed by atoms with E-state index in [1.165, 1.54) is 49.1 Å². The number of H-pyrrole nitrogens is 2. The van der Waals surface area contributed by atoms with Crippen LogP contribution in [0.1, 0.15) is 57.3 Å². The minimum atomic E-state index is -4.61. The molecule has 384 valence electrons. The van der Waals surface area contributed by atoms with E-state index in [0.717, 1.165) is 32.3 Å². The second-order valence-corrected chi connectivity index (χ2v) is 17.5. The fourth-order valence-electron chi connectivity index (χ4n) is 7.32. The molecule has 10 aromatic rings. The lowest BCUT2D eigenvalue weighted by molar-refractivity contribution is -0.139. The molecule has 0 aliphatic carbocycles. The maximum Gasteiger partial charge on any atom is 0.391 e. The third kappa shape index (κ3) is 13.3. The summed E-state index contributed by atoms with van der Waals surface area (Å²) < 4.78 is 110. The molecule has 10 rings (SSSR count). The number of halogens is 9. The molecule has 0 bridgehead atoms. The molecule has 24 heteroatoms. The molecule has 2 atom stereocenters. The minimum Gasteiger partial charge on any atom is -0.391 e. The molecule has 0 saturated heterocycles. The van der Waals surface area contributed by atoms with Gasteiger partial charge in [-0.25, -0.2) is 38.7 Å². The summed E-state index contributed by atoms with van der Waals surface area (Å²) in [4.78, 5) is 56.3. The van der Waals surface area contributed by atoms with Crippen LogP contribution in [0.25, 0.3) is 55.2 Å². The average Bonchev–Trinajstić information content (AvgIpc) is 4.03. The molecule has 4 aromatic carbocycles. The number of anilines is 1. The number of aromatic amines is 2. The van der Waals surface area contributed by atoms with E-state index in [2.05, 4.69) is 45.2 Å².